The maximum Gasteiger partial charge on any atom is 2.00 e. The topological polar surface area (TPSA) is 268 Å². The molecule has 2 fully saturated rings. The smallest absolute Gasteiger partial charge is 0.550 e. The molecule has 0 bridgehead atoms. The van der Waals surface area contributed by atoms with Crippen LogP contribution < -0.4 is 31.2 Å². The van der Waals surface area contributed by atoms with E-state index in [1.807, 2.05) is 48.5 Å². The van der Waals surface area contributed by atoms with E-state index in [0.717, 1.165) is 56.3 Å². The van der Waals surface area contributed by atoms with Crippen LogP contribution in [0.25, 0.3) is 55.6 Å². The first kappa shape index (κ1) is 41.7. The normalized spacial score (nSPS) is 19.0. The molecule has 0 amide bonds. The van der Waals surface area contributed by atoms with Crippen LogP contribution in [-0.4, -0.2) is 113 Å². The van der Waals surface area contributed by atoms with E-state index in [1.165, 1.54) is 12.7 Å². The summed E-state index contributed by atoms with van der Waals surface area (Å²) in [5, 5.41) is 33.2. The average molecular weight is 851 g/mol. The van der Waals surface area contributed by atoms with Gasteiger partial charge in [-0.2, -0.15) is 10.2 Å². The minimum Gasteiger partial charge on any atom is -0.550 e. The summed E-state index contributed by atoms with van der Waals surface area (Å²) in [7, 11) is 3.27. The molecule has 0 saturated heterocycles. The standard InChI is InChI=1S/2C21H22N6O3.Ca/c2*1-30-15-4-2-3-13-9-14(25-16(13)15)17-18-19(22)23-10-24-27(18)20(26-17)11-5-7-12(8-6-11)21(28)29;/h2*2-4,9-12,25H,5-8H2,1H3,(H,28,29)(H2,22,23,24);/q;;+2/p-2/t2*11-,12-;. The number of benzene rings is 2. The molecule has 2 aliphatic rings. The molecule has 8 aromatic rings. The van der Waals surface area contributed by atoms with Gasteiger partial charge in [0.05, 0.1) is 36.6 Å². The molecule has 2 saturated carbocycles. The number of ether oxygens (including phenoxy) is 2. The largest absolute Gasteiger partial charge is 2.00 e. The second kappa shape index (κ2) is 17.2. The van der Waals surface area contributed by atoms with Gasteiger partial charge in [0.1, 0.15) is 58.2 Å². The Kier molecular flexibility index (Phi) is 11.8. The predicted octanol–water partition coefficient (Wildman–Crippen LogP) is 3.39. The minimum atomic E-state index is -0.972. The van der Waals surface area contributed by atoms with E-state index in [9.17, 15) is 19.8 Å². The first-order valence-corrected chi connectivity index (χ1v) is 19.9. The molecule has 0 atom stereocenters. The number of para-hydroxylation sites is 2. The van der Waals surface area contributed by atoms with Crippen molar-refractivity contribution < 1.29 is 29.3 Å². The Morgan fingerprint density at radius 1 is 0.656 bits per heavy atom. The number of hydrogen-bond acceptors (Lipinski definition) is 14. The van der Waals surface area contributed by atoms with Crippen LogP contribution in [0.15, 0.2) is 61.2 Å². The van der Waals surface area contributed by atoms with Gasteiger partial charge in [-0.1, -0.05) is 24.3 Å². The molecule has 6 N–H and O–H groups in total. The number of aliphatic carboxylic acids is 2. The van der Waals surface area contributed by atoms with Crippen molar-refractivity contribution in [3.63, 3.8) is 0 Å². The van der Waals surface area contributed by atoms with Crippen LogP contribution >= 0.6 is 0 Å². The molecule has 0 unspecified atom stereocenters. The summed E-state index contributed by atoms with van der Waals surface area (Å²) >= 11 is 0. The molecule has 19 heteroatoms. The van der Waals surface area contributed by atoms with Gasteiger partial charge in [-0.05, 0) is 87.5 Å². The quantitative estimate of drug-likeness (QED) is 0.160. The van der Waals surface area contributed by atoms with Crippen molar-refractivity contribution in [3.05, 3.63) is 72.8 Å². The number of aromatic amines is 2. The number of carbonyl (C=O) groups excluding carboxylic acids is 2. The molecular weight excluding hydrogens is 809 g/mol. The number of hydrogen-bond donors (Lipinski definition) is 4. The van der Waals surface area contributed by atoms with Gasteiger partial charge in [0.2, 0.25) is 0 Å². The van der Waals surface area contributed by atoms with Crippen molar-refractivity contribution in [2.75, 3.05) is 25.7 Å². The number of imidazole rings is 2. The van der Waals surface area contributed by atoms with Crippen molar-refractivity contribution in [1.82, 2.24) is 49.1 Å². The zero-order valence-electron chi connectivity index (χ0n) is 33.6. The minimum absolute atomic E-state index is 0. The number of carboxylic acid groups (broad SMARTS) is 2. The summed E-state index contributed by atoms with van der Waals surface area (Å²) < 4.78 is 14.4. The zero-order chi connectivity index (χ0) is 41.7. The number of nitrogen functional groups attached to an aromatic ring is 2. The second-order valence-corrected chi connectivity index (χ2v) is 15.4. The molecule has 308 valence electrons. The van der Waals surface area contributed by atoms with Crippen LogP contribution in [-0.2, 0) is 9.59 Å². The Balaban J connectivity index is 0.000000166. The first-order valence-electron chi connectivity index (χ1n) is 19.9. The zero-order valence-corrected chi connectivity index (χ0v) is 35.8. The third-order valence-electron chi connectivity index (χ3n) is 12.0. The van der Waals surface area contributed by atoms with Gasteiger partial charge in [0, 0.05) is 34.5 Å². The van der Waals surface area contributed by atoms with E-state index in [4.69, 9.17) is 30.9 Å². The molecule has 0 spiro atoms. The van der Waals surface area contributed by atoms with Gasteiger partial charge < -0.3 is 50.7 Å². The van der Waals surface area contributed by atoms with Crippen LogP contribution in [0.3, 0.4) is 0 Å². The number of H-pyrrole nitrogens is 2. The van der Waals surface area contributed by atoms with Crippen molar-refractivity contribution in [3.8, 4) is 34.3 Å². The van der Waals surface area contributed by atoms with E-state index in [0.29, 0.717) is 85.4 Å². The molecule has 6 heterocycles. The van der Waals surface area contributed by atoms with Crippen LogP contribution in [0.1, 0.15) is 74.9 Å². The maximum absolute atomic E-state index is 11.2. The van der Waals surface area contributed by atoms with Gasteiger partial charge in [-0.15, -0.1) is 0 Å². The van der Waals surface area contributed by atoms with Gasteiger partial charge in [0.15, 0.2) is 11.6 Å². The fourth-order valence-corrected chi connectivity index (χ4v) is 8.89. The van der Waals surface area contributed by atoms with E-state index < -0.39 is 23.8 Å². The molecule has 0 aliphatic heterocycles. The van der Waals surface area contributed by atoms with Crippen LogP contribution in [0.4, 0.5) is 11.6 Å². The number of nitrogens with two attached hydrogens (primary N) is 2. The van der Waals surface area contributed by atoms with E-state index in [1.54, 1.807) is 23.3 Å². The number of fused-ring (bicyclic) bond motifs is 4. The van der Waals surface area contributed by atoms with Gasteiger partial charge in [-0.25, -0.2) is 29.0 Å². The van der Waals surface area contributed by atoms with E-state index >= 15 is 0 Å². The van der Waals surface area contributed by atoms with E-state index in [2.05, 4.69) is 30.1 Å². The molecule has 10 rings (SSSR count). The van der Waals surface area contributed by atoms with Gasteiger partial charge >= 0.3 is 37.7 Å². The van der Waals surface area contributed by atoms with Crippen LogP contribution in [0, 0.1) is 11.8 Å². The number of carboxylic acids is 2. The number of nitrogens with one attached hydrogen (secondary N) is 2. The number of methoxy groups -OCH3 is 2. The Bertz CT molecular complexity index is 2710. The fourth-order valence-electron chi connectivity index (χ4n) is 8.89. The molecule has 61 heavy (non-hydrogen) atoms. The monoisotopic (exact) mass is 850 g/mol. The summed E-state index contributed by atoms with van der Waals surface area (Å²) in [6, 6.07) is 15.7. The number of anilines is 2. The van der Waals surface area contributed by atoms with Crippen molar-refractivity contribution in [2.24, 2.45) is 11.8 Å². The van der Waals surface area contributed by atoms with Crippen LogP contribution in [0.5, 0.6) is 11.5 Å². The fraction of sp³-hybridized carbons (Fsp3) is 0.333. The number of nitrogens with zero attached hydrogens (tertiary/aromatic N) is 8. The Morgan fingerprint density at radius 2 is 1.05 bits per heavy atom. The van der Waals surface area contributed by atoms with Gasteiger partial charge in [0.25, 0.3) is 0 Å². The number of aromatic nitrogens is 10. The van der Waals surface area contributed by atoms with Crippen LogP contribution in [0.2, 0.25) is 0 Å². The number of rotatable bonds is 8. The molecule has 0 radical (unpaired) electrons. The molecule has 18 nitrogen and oxygen atoms in total. The third-order valence-corrected chi connectivity index (χ3v) is 12.0. The summed E-state index contributed by atoms with van der Waals surface area (Å²) in [4.78, 5) is 47.3. The molecule has 2 aromatic carbocycles. The molecule has 2 aliphatic carbocycles. The summed E-state index contributed by atoms with van der Waals surface area (Å²) in [6.07, 6.45) is 7.95. The first-order chi connectivity index (χ1) is 29.1. The number of carbonyl (C=O) groups is 2. The second-order valence-electron chi connectivity index (χ2n) is 15.4. The van der Waals surface area contributed by atoms with Gasteiger partial charge in [-0.3, -0.25) is 0 Å². The summed E-state index contributed by atoms with van der Waals surface area (Å²) in [5.74, 6) is 1.17. The van der Waals surface area contributed by atoms with Crippen molar-refractivity contribution in [2.45, 2.75) is 63.2 Å². The Labute approximate surface area is 378 Å². The summed E-state index contributed by atoms with van der Waals surface area (Å²) in [5.41, 5.74) is 18.4. The SMILES string of the molecule is COc1cccc2cc(-c3nc([C@H]4CC[C@H](C(=O)[O-])CC4)n4ncnc(N)c34)[nH]c12.COc1cccc2cc(-c3nc([C@H]4CC[C@H](C(=O)[O-])CC4)n4ncnc(N)c34)[nH]c12.[Ca+2]. The molecular formula is C42H42CaN12O6. The summed E-state index contributed by atoms with van der Waals surface area (Å²) in [6.45, 7) is 0. The van der Waals surface area contributed by atoms with Crippen molar-refractivity contribution >= 4 is 94.2 Å². The molecule has 6 aromatic heterocycles. The Morgan fingerprint density at radius 3 is 1.41 bits per heavy atom. The Hall–Kier alpha value is -5.98. The average Bonchev–Trinajstić information content (AvgIpc) is 4.07. The predicted molar refractivity (Wildman–Crippen MR) is 223 cm³/mol. The van der Waals surface area contributed by atoms with E-state index in [-0.39, 0.29) is 49.6 Å². The van der Waals surface area contributed by atoms with Crippen molar-refractivity contribution in [1.29, 1.82) is 0 Å². The maximum atomic E-state index is 11.2. The third kappa shape index (κ3) is 7.67.